The van der Waals surface area contributed by atoms with Crippen molar-refractivity contribution < 1.29 is 117 Å². The molecule has 0 rings (SSSR count). The fourth-order valence-electron chi connectivity index (χ4n) is 0.746. The maximum absolute atomic E-state index is 10.5. The Balaban J connectivity index is -0.0000000452. The van der Waals surface area contributed by atoms with Crippen molar-refractivity contribution in [3.63, 3.8) is 0 Å². The Labute approximate surface area is 227 Å². The van der Waals surface area contributed by atoms with Gasteiger partial charge in [-0.25, -0.2) is 0 Å². The summed E-state index contributed by atoms with van der Waals surface area (Å²) in [5.74, 6) is -0.724. The van der Waals surface area contributed by atoms with Gasteiger partial charge in [0, 0.05) is 111 Å². The normalized spacial score (nSPS) is 10.7. The standard InChI is InChI=1S/C5H12O2P.C5H9O2.C4H8Br.3Y/c1-3-4-5-8(2,6)7;1-2-3-4-5(6)7;1-2-3-4-5;;;/h3H,4-5H2,1-2H3,(H,6,7);2H,3-4H2,1H3,(H,6,7);2H,3-4H2,1H3;;;/q3*-1;;;. The smallest absolute Gasteiger partial charge is 0.300 e. The van der Waals surface area contributed by atoms with Crippen LogP contribution in [-0.4, -0.2) is 34.1 Å². The molecule has 0 heterocycles. The average molecular weight is 639 g/mol. The van der Waals surface area contributed by atoms with Crippen LogP contribution in [0.5, 0.6) is 0 Å². The van der Waals surface area contributed by atoms with E-state index in [2.05, 4.69) is 29.3 Å². The van der Waals surface area contributed by atoms with Crippen molar-refractivity contribution in [3.8, 4) is 0 Å². The Morgan fingerprint density at radius 2 is 1.39 bits per heavy atom. The molecule has 0 saturated carbocycles. The number of carboxylic acid groups (broad SMARTS) is 1. The van der Waals surface area contributed by atoms with Crippen LogP contribution in [0.2, 0.25) is 0 Å². The topological polar surface area (TPSA) is 74.6 Å². The number of carbonyl (C=O) groups is 1. The molecule has 0 saturated heterocycles. The maximum Gasteiger partial charge on any atom is 0.300 e. The Hall–Kier alpha value is 3.45. The zero-order chi connectivity index (χ0) is 16.4. The number of unbranched alkanes of at least 4 members (excludes halogenated alkanes) is 3. The van der Waals surface area contributed by atoms with Crippen LogP contribution in [0.3, 0.4) is 0 Å². The van der Waals surface area contributed by atoms with Gasteiger partial charge in [0.25, 0.3) is 0 Å². The van der Waals surface area contributed by atoms with E-state index in [1.807, 2.05) is 26.7 Å². The summed E-state index contributed by atoms with van der Waals surface area (Å²) in [6, 6.07) is 0. The number of hydrogen-bond donors (Lipinski definition) is 2. The maximum atomic E-state index is 10.5. The monoisotopic (exact) mass is 638 g/mol. The summed E-state index contributed by atoms with van der Waals surface area (Å²) in [5, 5.41) is 9.13. The number of halogens is 1. The van der Waals surface area contributed by atoms with E-state index in [0.29, 0.717) is 12.6 Å². The summed E-state index contributed by atoms with van der Waals surface area (Å²) in [5.41, 5.74) is 0. The van der Waals surface area contributed by atoms with Gasteiger partial charge in [0.05, 0.1) is 0 Å². The Bertz CT molecular complexity index is 252. The van der Waals surface area contributed by atoms with Crippen LogP contribution >= 0.6 is 23.3 Å². The summed E-state index contributed by atoms with van der Waals surface area (Å²) in [4.78, 5) is 18.4. The average Bonchev–Trinajstić information content (AvgIpc) is 2.35. The largest absolute Gasteiger partial charge is 0.481 e. The van der Waals surface area contributed by atoms with Gasteiger partial charge in [-0.05, 0) is 11.5 Å². The van der Waals surface area contributed by atoms with E-state index in [-0.39, 0.29) is 105 Å². The van der Waals surface area contributed by atoms with Gasteiger partial charge in [0.2, 0.25) is 0 Å². The Morgan fingerprint density at radius 1 is 1.00 bits per heavy atom. The van der Waals surface area contributed by atoms with Gasteiger partial charge in [0.1, 0.15) is 0 Å². The second kappa shape index (κ2) is 33.1. The Morgan fingerprint density at radius 3 is 1.48 bits per heavy atom. The number of aliphatic carboxylic acids is 1. The molecule has 0 aromatic heterocycles. The Kier molecular flexibility index (Phi) is 58.9. The first-order valence-corrected chi connectivity index (χ1v) is 10.1. The molecule has 23 heavy (non-hydrogen) atoms. The first-order chi connectivity index (χ1) is 9.24. The van der Waals surface area contributed by atoms with Gasteiger partial charge in [-0.2, -0.15) is 40.0 Å². The third kappa shape index (κ3) is 67.0. The molecule has 3 radical (unpaired) electrons. The zero-order valence-electron chi connectivity index (χ0n) is 14.7. The van der Waals surface area contributed by atoms with Crippen molar-refractivity contribution in [1.82, 2.24) is 0 Å². The molecular weight excluding hydrogens is 610 g/mol. The van der Waals surface area contributed by atoms with Crippen LogP contribution in [0.4, 0.5) is 0 Å². The van der Waals surface area contributed by atoms with Crippen molar-refractivity contribution in [2.45, 2.75) is 46.5 Å². The van der Waals surface area contributed by atoms with Gasteiger partial charge in [0.15, 0.2) is 7.37 Å². The third-order valence-corrected chi connectivity index (χ3v) is 3.42. The first kappa shape index (κ1) is 41.0. The van der Waals surface area contributed by atoms with E-state index in [9.17, 15) is 9.36 Å². The van der Waals surface area contributed by atoms with Gasteiger partial charge in [-0.15, -0.1) is 0 Å². The van der Waals surface area contributed by atoms with Gasteiger partial charge >= 0.3 is 5.97 Å². The molecule has 9 heteroatoms. The number of rotatable bonds is 8. The summed E-state index contributed by atoms with van der Waals surface area (Å²) in [6.07, 6.45) is 9.15. The minimum Gasteiger partial charge on any atom is -0.481 e. The predicted octanol–water partition coefficient (Wildman–Crippen LogP) is 4.56. The van der Waals surface area contributed by atoms with E-state index in [0.717, 1.165) is 11.8 Å². The summed E-state index contributed by atoms with van der Waals surface area (Å²) >= 11 is 3.28. The molecule has 0 amide bonds. The number of alkyl halides is 1. The molecule has 0 aliphatic carbocycles. The second-order valence-corrected chi connectivity index (χ2v) is 7.54. The van der Waals surface area contributed by atoms with Crippen molar-refractivity contribution in [1.29, 1.82) is 0 Å². The minimum absolute atomic E-state index is 0. The van der Waals surface area contributed by atoms with Crippen molar-refractivity contribution in [3.05, 3.63) is 19.3 Å². The quantitative estimate of drug-likeness (QED) is 0.232. The van der Waals surface area contributed by atoms with Crippen LogP contribution in [0.1, 0.15) is 46.5 Å². The van der Waals surface area contributed by atoms with E-state index in [4.69, 9.17) is 10.00 Å². The van der Waals surface area contributed by atoms with Crippen LogP contribution in [-0.2, 0) is 107 Å². The number of carboxylic acids is 1. The van der Waals surface area contributed by atoms with Crippen LogP contribution in [0, 0.1) is 19.3 Å². The van der Waals surface area contributed by atoms with Crippen molar-refractivity contribution >= 4 is 29.3 Å². The van der Waals surface area contributed by atoms with Gasteiger partial charge in [-0.3, -0.25) is 9.36 Å². The number of hydrogen-bond acceptors (Lipinski definition) is 2. The summed E-state index contributed by atoms with van der Waals surface area (Å²) in [6.45, 7) is 7.18. The molecule has 0 aromatic carbocycles. The molecule has 1 unspecified atom stereocenters. The minimum atomic E-state index is -2.71. The van der Waals surface area contributed by atoms with Crippen LogP contribution in [0.15, 0.2) is 0 Å². The van der Waals surface area contributed by atoms with Crippen molar-refractivity contribution in [2.24, 2.45) is 0 Å². The molecule has 133 valence electrons. The molecule has 1 atom stereocenters. The van der Waals surface area contributed by atoms with Gasteiger partial charge in [-0.1, -0.05) is 15.9 Å². The predicted molar refractivity (Wildman–Crippen MR) is 90.4 cm³/mol. The molecule has 0 fully saturated rings. The molecule has 0 aromatic rings. The van der Waals surface area contributed by atoms with Crippen LogP contribution < -0.4 is 0 Å². The molecular formula is C14H29BrO4PY3-3. The van der Waals surface area contributed by atoms with E-state index >= 15 is 0 Å². The molecule has 2 N–H and O–H groups in total. The molecule has 0 aliphatic heterocycles. The molecule has 0 spiro atoms. The van der Waals surface area contributed by atoms with E-state index < -0.39 is 13.3 Å². The van der Waals surface area contributed by atoms with Crippen molar-refractivity contribution in [2.75, 3.05) is 18.2 Å². The molecule has 0 bridgehead atoms. The van der Waals surface area contributed by atoms with Crippen LogP contribution in [0.25, 0.3) is 0 Å². The van der Waals surface area contributed by atoms with Gasteiger partial charge < -0.3 is 29.3 Å². The zero-order valence-corrected chi connectivity index (χ0v) is 25.7. The van der Waals surface area contributed by atoms with E-state index in [1.165, 1.54) is 13.1 Å². The summed E-state index contributed by atoms with van der Waals surface area (Å²) in [7, 11) is -2.71. The SMILES string of the molecule is C[CH-]CCBr.C[CH-]CCC(=O)O.C[CH-]CCP(C)(=O)O.[Y].[Y].[Y]. The second-order valence-electron chi connectivity index (χ2n) is 4.20. The third-order valence-electron chi connectivity index (χ3n) is 1.88. The molecule has 0 aliphatic rings. The molecule has 4 nitrogen and oxygen atoms in total. The first-order valence-electron chi connectivity index (χ1n) is 6.65. The van der Waals surface area contributed by atoms with E-state index in [1.54, 1.807) is 0 Å². The fraction of sp³-hybridized carbons (Fsp3) is 0.714. The summed E-state index contributed by atoms with van der Waals surface area (Å²) < 4.78 is 10.5. The fourth-order valence-corrected chi connectivity index (χ4v) is 1.94.